The molecule has 7 heteroatoms. The maximum atomic E-state index is 11.0. The van der Waals surface area contributed by atoms with Crippen LogP contribution < -0.4 is 4.90 Å². The average molecular weight is 306 g/mol. The van der Waals surface area contributed by atoms with Gasteiger partial charge < -0.3 is 15.1 Å². The minimum atomic E-state index is -0.983. The van der Waals surface area contributed by atoms with Crippen LogP contribution in [0.1, 0.15) is 22.3 Å². The third kappa shape index (κ3) is 4.28. The Bertz CT molecular complexity index is 628. The zero-order valence-corrected chi connectivity index (χ0v) is 11.9. The van der Waals surface area contributed by atoms with Crippen LogP contribution in [0.25, 0.3) is 0 Å². The van der Waals surface area contributed by atoms with E-state index in [4.69, 9.17) is 10.2 Å². The van der Waals surface area contributed by atoms with E-state index in [2.05, 4.69) is 4.98 Å². The molecule has 0 aliphatic carbocycles. The molecule has 0 spiro atoms. The van der Waals surface area contributed by atoms with E-state index in [0.29, 0.717) is 13.1 Å². The minimum Gasteiger partial charge on any atom is -0.481 e. The van der Waals surface area contributed by atoms with E-state index in [0.717, 1.165) is 10.7 Å². The van der Waals surface area contributed by atoms with Crippen molar-refractivity contribution in [1.29, 1.82) is 0 Å². The van der Waals surface area contributed by atoms with Crippen LogP contribution in [0, 0.1) is 0 Å². The lowest BCUT2D eigenvalue weighted by atomic mass is 10.1. The second-order valence-electron chi connectivity index (χ2n) is 4.39. The number of aromatic nitrogens is 1. The molecule has 1 heterocycles. The van der Waals surface area contributed by atoms with Crippen LogP contribution in [-0.2, 0) is 11.3 Å². The summed E-state index contributed by atoms with van der Waals surface area (Å²) >= 11 is 1.42. The molecule has 1 aromatic carbocycles. The Balaban J connectivity index is 2.16. The molecule has 2 rings (SSSR count). The predicted octanol–water partition coefficient (Wildman–Crippen LogP) is 2.32. The summed E-state index contributed by atoms with van der Waals surface area (Å²) < 4.78 is 0. The topological polar surface area (TPSA) is 90.7 Å². The summed E-state index contributed by atoms with van der Waals surface area (Å²) in [6, 6.07) is 6.60. The molecule has 0 amide bonds. The lowest BCUT2D eigenvalue weighted by Crippen LogP contribution is -2.25. The molecule has 0 fully saturated rings. The first-order valence-corrected chi connectivity index (χ1v) is 7.12. The van der Waals surface area contributed by atoms with E-state index in [9.17, 15) is 9.59 Å². The number of benzene rings is 1. The van der Waals surface area contributed by atoms with Gasteiger partial charge in [-0.05, 0) is 17.7 Å². The summed E-state index contributed by atoms with van der Waals surface area (Å²) in [5, 5.41) is 20.4. The van der Waals surface area contributed by atoms with Gasteiger partial charge in [-0.3, -0.25) is 4.79 Å². The molecule has 0 radical (unpaired) electrons. The highest BCUT2D eigenvalue weighted by atomic mass is 32.1. The van der Waals surface area contributed by atoms with E-state index in [1.165, 1.54) is 17.4 Å². The Kier molecular flexibility index (Phi) is 4.89. The highest BCUT2D eigenvalue weighted by Gasteiger charge is 2.13. The summed E-state index contributed by atoms with van der Waals surface area (Å²) in [4.78, 5) is 27.7. The minimum absolute atomic E-state index is 0.00178. The van der Waals surface area contributed by atoms with Gasteiger partial charge in [-0.2, -0.15) is 0 Å². The molecule has 1 aromatic heterocycles. The third-order valence-electron chi connectivity index (χ3n) is 2.83. The lowest BCUT2D eigenvalue weighted by Gasteiger charge is -2.21. The molecule has 0 atom stereocenters. The van der Waals surface area contributed by atoms with Crippen molar-refractivity contribution >= 4 is 28.4 Å². The predicted molar refractivity (Wildman–Crippen MR) is 78.8 cm³/mol. The molecule has 6 nitrogen and oxygen atoms in total. The number of aromatic carboxylic acids is 1. The highest BCUT2D eigenvalue weighted by molar-refractivity contribution is 7.13. The zero-order valence-electron chi connectivity index (χ0n) is 11.1. The SMILES string of the molecule is O=C(O)CCN(Cc1cccc(C(=O)O)c1)c1nccs1. The van der Waals surface area contributed by atoms with Gasteiger partial charge in [-0.25, -0.2) is 9.78 Å². The summed E-state index contributed by atoms with van der Waals surface area (Å²) in [5.74, 6) is -1.86. The third-order valence-corrected chi connectivity index (χ3v) is 3.66. The summed E-state index contributed by atoms with van der Waals surface area (Å²) in [6.45, 7) is 0.738. The van der Waals surface area contributed by atoms with E-state index in [1.54, 1.807) is 18.3 Å². The number of carboxylic acids is 2. The first-order chi connectivity index (χ1) is 10.1. The first-order valence-electron chi connectivity index (χ1n) is 6.24. The largest absolute Gasteiger partial charge is 0.481 e. The molecular weight excluding hydrogens is 292 g/mol. The molecule has 2 N–H and O–H groups in total. The number of nitrogens with zero attached hydrogens (tertiary/aromatic N) is 2. The lowest BCUT2D eigenvalue weighted by molar-refractivity contribution is -0.136. The van der Waals surface area contributed by atoms with Gasteiger partial charge in [0.2, 0.25) is 0 Å². The monoisotopic (exact) mass is 306 g/mol. The van der Waals surface area contributed by atoms with Crippen LogP contribution in [0.5, 0.6) is 0 Å². The maximum Gasteiger partial charge on any atom is 0.335 e. The Morgan fingerprint density at radius 1 is 1.29 bits per heavy atom. The van der Waals surface area contributed by atoms with Crippen molar-refractivity contribution < 1.29 is 19.8 Å². The molecule has 0 saturated heterocycles. The Labute approximate surface area is 125 Å². The Morgan fingerprint density at radius 2 is 2.10 bits per heavy atom. The number of aliphatic carboxylic acids is 1. The molecule has 0 bridgehead atoms. The standard InChI is InChI=1S/C14H14N2O4S/c17-12(18)4-6-16(14-15-5-7-21-14)9-10-2-1-3-11(8-10)13(19)20/h1-3,5,7-8H,4,6,9H2,(H,17,18)(H,19,20). The van der Waals surface area contributed by atoms with Crippen LogP contribution in [0.4, 0.5) is 5.13 Å². The van der Waals surface area contributed by atoms with E-state index in [1.807, 2.05) is 16.3 Å². The van der Waals surface area contributed by atoms with Gasteiger partial charge in [0.15, 0.2) is 5.13 Å². The molecular formula is C14H14N2O4S. The normalized spacial score (nSPS) is 10.3. The second-order valence-corrected chi connectivity index (χ2v) is 5.26. The van der Waals surface area contributed by atoms with Gasteiger partial charge in [0.1, 0.15) is 0 Å². The first kappa shape index (κ1) is 15.0. The quantitative estimate of drug-likeness (QED) is 0.816. The van der Waals surface area contributed by atoms with Crippen LogP contribution in [-0.4, -0.2) is 33.7 Å². The number of rotatable bonds is 7. The second kappa shape index (κ2) is 6.85. The summed E-state index contributed by atoms with van der Waals surface area (Å²) in [5.41, 5.74) is 1.01. The number of anilines is 1. The molecule has 21 heavy (non-hydrogen) atoms. The van der Waals surface area contributed by atoms with E-state index >= 15 is 0 Å². The van der Waals surface area contributed by atoms with Gasteiger partial charge in [-0.1, -0.05) is 12.1 Å². The van der Waals surface area contributed by atoms with Gasteiger partial charge in [-0.15, -0.1) is 11.3 Å². The molecule has 0 unspecified atom stereocenters. The van der Waals surface area contributed by atoms with Crippen LogP contribution in [0.2, 0.25) is 0 Å². The van der Waals surface area contributed by atoms with Gasteiger partial charge in [0, 0.05) is 24.7 Å². The van der Waals surface area contributed by atoms with Crippen LogP contribution in [0.15, 0.2) is 35.8 Å². The van der Waals surface area contributed by atoms with Crippen molar-refractivity contribution in [3.05, 3.63) is 47.0 Å². The van der Waals surface area contributed by atoms with Crippen molar-refractivity contribution in [3.63, 3.8) is 0 Å². The van der Waals surface area contributed by atoms with Gasteiger partial charge >= 0.3 is 11.9 Å². The van der Waals surface area contributed by atoms with E-state index in [-0.39, 0.29) is 12.0 Å². The van der Waals surface area contributed by atoms with Crippen molar-refractivity contribution in [3.8, 4) is 0 Å². The highest BCUT2D eigenvalue weighted by Crippen LogP contribution is 2.20. The average Bonchev–Trinajstić information content (AvgIpc) is 2.97. The fourth-order valence-corrected chi connectivity index (χ4v) is 2.54. The number of hydrogen-bond acceptors (Lipinski definition) is 5. The van der Waals surface area contributed by atoms with Crippen molar-refractivity contribution in [1.82, 2.24) is 4.98 Å². The smallest absolute Gasteiger partial charge is 0.335 e. The molecule has 0 aliphatic heterocycles. The summed E-state index contributed by atoms with van der Waals surface area (Å²) in [6.07, 6.45) is 1.65. The molecule has 0 saturated carbocycles. The van der Waals surface area contributed by atoms with Crippen molar-refractivity contribution in [2.45, 2.75) is 13.0 Å². The molecule has 0 aliphatic rings. The maximum absolute atomic E-state index is 11.0. The van der Waals surface area contributed by atoms with Crippen molar-refractivity contribution in [2.24, 2.45) is 0 Å². The summed E-state index contributed by atoms with van der Waals surface area (Å²) in [7, 11) is 0. The number of carbonyl (C=O) groups is 2. The number of thiazole rings is 1. The fraction of sp³-hybridized carbons (Fsp3) is 0.214. The zero-order chi connectivity index (χ0) is 15.2. The van der Waals surface area contributed by atoms with Crippen molar-refractivity contribution in [2.75, 3.05) is 11.4 Å². The van der Waals surface area contributed by atoms with Crippen LogP contribution >= 0.6 is 11.3 Å². The Morgan fingerprint density at radius 3 is 2.71 bits per heavy atom. The molecule has 110 valence electrons. The van der Waals surface area contributed by atoms with E-state index < -0.39 is 11.9 Å². The van der Waals surface area contributed by atoms with Gasteiger partial charge in [0.25, 0.3) is 0 Å². The number of hydrogen-bond donors (Lipinski definition) is 2. The fourth-order valence-electron chi connectivity index (χ4n) is 1.87. The Hall–Kier alpha value is -2.41. The molecule has 2 aromatic rings. The van der Waals surface area contributed by atoms with Crippen LogP contribution in [0.3, 0.4) is 0 Å². The van der Waals surface area contributed by atoms with Gasteiger partial charge in [0.05, 0.1) is 12.0 Å². The number of carboxylic acid groups (broad SMARTS) is 2.